The average molecular weight is 481 g/mol. The SMILES string of the molecule is COc1ccc(CN(c2ccccc2OC)S(=O)(=O)c2cc([N+](=O)[O-])ccc2Cl)cc1F. The summed E-state index contributed by atoms with van der Waals surface area (Å²) in [4.78, 5) is 10.0. The number of rotatable bonds is 8. The maximum absolute atomic E-state index is 14.3. The number of halogens is 2. The summed E-state index contributed by atoms with van der Waals surface area (Å²) in [5, 5.41) is 11.0. The lowest BCUT2D eigenvalue weighted by Crippen LogP contribution is -2.31. The van der Waals surface area contributed by atoms with Crippen LogP contribution in [0.15, 0.2) is 65.6 Å². The number of benzene rings is 3. The Bertz CT molecular complexity index is 1270. The fraction of sp³-hybridized carbons (Fsp3) is 0.143. The predicted octanol–water partition coefficient (Wildman–Crippen LogP) is 4.80. The van der Waals surface area contributed by atoms with Gasteiger partial charge < -0.3 is 9.47 Å². The minimum absolute atomic E-state index is 0.00202. The Kier molecular flexibility index (Phi) is 6.85. The number of ether oxygens (including phenoxy) is 2. The van der Waals surface area contributed by atoms with Crippen molar-refractivity contribution in [3.05, 3.63) is 87.2 Å². The minimum Gasteiger partial charge on any atom is -0.495 e. The van der Waals surface area contributed by atoms with E-state index in [9.17, 15) is 22.9 Å². The number of nitro groups is 1. The highest BCUT2D eigenvalue weighted by atomic mass is 35.5. The van der Waals surface area contributed by atoms with E-state index >= 15 is 0 Å². The van der Waals surface area contributed by atoms with Crippen LogP contribution in [0.2, 0.25) is 5.02 Å². The Morgan fingerprint density at radius 3 is 2.34 bits per heavy atom. The minimum atomic E-state index is -4.44. The van der Waals surface area contributed by atoms with E-state index in [0.717, 1.165) is 28.6 Å². The molecular weight excluding hydrogens is 463 g/mol. The van der Waals surface area contributed by atoms with Crippen LogP contribution in [0.3, 0.4) is 0 Å². The quantitative estimate of drug-likeness (QED) is 0.339. The molecule has 0 saturated heterocycles. The predicted molar refractivity (Wildman–Crippen MR) is 117 cm³/mol. The Morgan fingerprint density at radius 2 is 1.72 bits per heavy atom. The van der Waals surface area contributed by atoms with E-state index in [1.54, 1.807) is 18.2 Å². The Morgan fingerprint density at radius 1 is 1.03 bits per heavy atom. The van der Waals surface area contributed by atoms with Crippen LogP contribution in [0, 0.1) is 15.9 Å². The summed E-state index contributed by atoms with van der Waals surface area (Å²) < 4.78 is 52.7. The first-order valence-corrected chi connectivity index (χ1v) is 10.9. The summed E-state index contributed by atoms with van der Waals surface area (Å²) in [5.74, 6) is -0.440. The summed E-state index contributed by atoms with van der Waals surface area (Å²) in [6.07, 6.45) is 0. The van der Waals surface area contributed by atoms with Gasteiger partial charge in [0.25, 0.3) is 15.7 Å². The fourth-order valence-corrected chi connectivity index (χ4v) is 4.99. The van der Waals surface area contributed by atoms with Crippen molar-refractivity contribution >= 4 is 33.0 Å². The van der Waals surface area contributed by atoms with Crippen molar-refractivity contribution in [2.75, 3.05) is 18.5 Å². The number of non-ortho nitro benzene ring substituents is 1. The molecule has 32 heavy (non-hydrogen) atoms. The first-order valence-electron chi connectivity index (χ1n) is 9.11. The van der Waals surface area contributed by atoms with Gasteiger partial charge >= 0.3 is 0 Å². The van der Waals surface area contributed by atoms with E-state index < -0.39 is 31.3 Å². The monoisotopic (exact) mass is 480 g/mol. The van der Waals surface area contributed by atoms with Crippen LogP contribution >= 0.6 is 11.6 Å². The molecule has 0 aliphatic carbocycles. The molecule has 0 radical (unpaired) electrons. The van der Waals surface area contributed by atoms with Gasteiger partial charge in [-0.25, -0.2) is 12.8 Å². The van der Waals surface area contributed by atoms with Crippen molar-refractivity contribution < 1.29 is 27.2 Å². The van der Waals surface area contributed by atoms with Crippen molar-refractivity contribution in [3.8, 4) is 11.5 Å². The molecule has 0 N–H and O–H groups in total. The van der Waals surface area contributed by atoms with Crippen molar-refractivity contribution in [2.45, 2.75) is 11.4 Å². The van der Waals surface area contributed by atoms with Gasteiger partial charge in [-0.1, -0.05) is 29.8 Å². The van der Waals surface area contributed by atoms with Gasteiger partial charge in [0.15, 0.2) is 11.6 Å². The molecule has 0 heterocycles. The number of para-hydroxylation sites is 2. The van der Waals surface area contributed by atoms with Gasteiger partial charge in [0, 0.05) is 12.1 Å². The number of anilines is 1. The van der Waals surface area contributed by atoms with Crippen LogP contribution in [0.4, 0.5) is 15.8 Å². The van der Waals surface area contributed by atoms with Crippen LogP contribution in [0.25, 0.3) is 0 Å². The molecule has 0 bridgehead atoms. The number of sulfonamides is 1. The van der Waals surface area contributed by atoms with Crippen LogP contribution < -0.4 is 13.8 Å². The van der Waals surface area contributed by atoms with Crippen LogP contribution in [0.5, 0.6) is 11.5 Å². The summed E-state index contributed by atoms with van der Waals surface area (Å²) in [5.41, 5.74) is 0.0107. The van der Waals surface area contributed by atoms with E-state index in [1.807, 2.05) is 0 Å². The van der Waals surface area contributed by atoms with Crippen molar-refractivity contribution in [2.24, 2.45) is 0 Å². The third-order valence-electron chi connectivity index (χ3n) is 4.59. The zero-order valence-electron chi connectivity index (χ0n) is 17.0. The Balaban J connectivity index is 2.19. The normalized spacial score (nSPS) is 11.1. The van der Waals surface area contributed by atoms with Crippen LogP contribution in [0.1, 0.15) is 5.56 Å². The first kappa shape index (κ1) is 23.3. The van der Waals surface area contributed by atoms with Crippen LogP contribution in [-0.4, -0.2) is 27.6 Å². The Hall–Kier alpha value is -3.37. The van der Waals surface area contributed by atoms with Crippen LogP contribution in [-0.2, 0) is 16.6 Å². The molecule has 3 rings (SSSR count). The highest BCUT2D eigenvalue weighted by Gasteiger charge is 2.31. The number of hydrogen-bond acceptors (Lipinski definition) is 6. The number of methoxy groups -OCH3 is 2. The first-order chi connectivity index (χ1) is 15.2. The molecule has 0 aliphatic heterocycles. The van der Waals surface area contributed by atoms with Gasteiger partial charge in [-0.15, -0.1) is 0 Å². The van der Waals surface area contributed by atoms with E-state index in [2.05, 4.69) is 0 Å². The molecular formula is C21H18ClFN2O6S. The zero-order chi connectivity index (χ0) is 23.5. The standard InChI is InChI=1S/C21H18ClFN2O6S/c1-30-19-10-7-14(11-17(19)23)13-24(18-5-3-4-6-20(18)31-2)32(28,29)21-12-15(25(26)27)8-9-16(21)22/h3-12H,13H2,1-2H3. The van der Waals surface area contributed by atoms with Gasteiger partial charge in [-0.2, -0.15) is 0 Å². The summed E-state index contributed by atoms with van der Waals surface area (Å²) >= 11 is 6.12. The third kappa shape index (κ3) is 4.61. The van der Waals surface area contributed by atoms with E-state index in [-0.39, 0.29) is 28.8 Å². The smallest absolute Gasteiger partial charge is 0.270 e. The van der Waals surface area contributed by atoms with Crippen molar-refractivity contribution in [1.29, 1.82) is 0 Å². The van der Waals surface area contributed by atoms with Crippen molar-refractivity contribution in [1.82, 2.24) is 0 Å². The largest absolute Gasteiger partial charge is 0.495 e. The number of nitrogens with zero attached hydrogens (tertiary/aromatic N) is 2. The van der Waals surface area contributed by atoms with Gasteiger partial charge in [-0.05, 0) is 35.9 Å². The van der Waals surface area contributed by atoms with Gasteiger partial charge in [0.05, 0.1) is 36.4 Å². The molecule has 3 aromatic rings. The average Bonchev–Trinajstić information content (AvgIpc) is 2.77. The van der Waals surface area contributed by atoms with Gasteiger partial charge in [-0.3, -0.25) is 14.4 Å². The van der Waals surface area contributed by atoms with Crippen molar-refractivity contribution in [3.63, 3.8) is 0 Å². The molecule has 0 aromatic heterocycles. The molecule has 168 valence electrons. The summed E-state index contributed by atoms with van der Waals surface area (Å²) in [7, 11) is -1.75. The summed E-state index contributed by atoms with van der Waals surface area (Å²) in [6.45, 7) is -0.303. The van der Waals surface area contributed by atoms with E-state index in [0.29, 0.717) is 5.56 Å². The lowest BCUT2D eigenvalue weighted by Gasteiger charge is -2.26. The molecule has 0 saturated carbocycles. The lowest BCUT2D eigenvalue weighted by atomic mass is 10.2. The number of nitro benzene ring substituents is 1. The second-order valence-electron chi connectivity index (χ2n) is 6.52. The molecule has 0 unspecified atom stereocenters. The fourth-order valence-electron chi connectivity index (χ4n) is 3.03. The van der Waals surface area contributed by atoms with Gasteiger partial charge in [0.2, 0.25) is 0 Å². The zero-order valence-corrected chi connectivity index (χ0v) is 18.6. The highest BCUT2D eigenvalue weighted by molar-refractivity contribution is 7.93. The third-order valence-corrected chi connectivity index (χ3v) is 6.83. The molecule has 3 aromatic carbocycles. The molecule has 8 nitrogen and oxygen atoms in total. The molecule has 0 amide bonds. The molecule has 0 atom stereocenters. The number of hydrogen-bond donors (Lipinski definition) is 0. The van der Waals surface area contributed by atoms with Gasteiger partial charge in [0.1, 0.15) is 10.6 Å². The lowest BCUT2D eigenvalue weighted by molar-refractivity contribution is -0.385. The maximum atomic E-state index is 14.3. The molecule has 0 aliphatic rings. The Labute approximate surface area is 189 Å². The van der Waals surface area contributed by atoms with E-state index in [1.165, 1.54) is 32.4 Å². The second kappa shape index (κ2) is 9.41. The molecule has 0 fully saturated rings. The summed E-state index contributed by atoms with van der Waals surface area (Å²) in [6, 6.07) is 13.5. The highest BCUT2D eigenvalue weighted by Crippen LogP contribution is 2.37. The second-order valence-corrected chi connectivity index (χ2v) is 8.76. The maximum Gasteiger partial charge on any atom is 0.270 e. The molecule has 0 spiro atoms. The topological polar surface area (TPSA) is 99.0 Å². The van der Waals surface area contributed by atoms with E-state index in [4.69, 9.17) is 21.1 Å². The molecule has 11 heteroatoms.